The van der Waals surface area contributed by atoms with Crippen molar-refractivity contribution in [2.24, 2.45) is 5.92 Å². The highest BCUT2D eigenvalue weighted by molar-refractivity contribution is 5.92. The summed E-state index contributed by atoms with van der Waals surface area (Å²) in [5.41, 5.74) is 2.66. The second kappa shape index (κ2) is 3.92. The zero-order chi connectivity index (χ0) is 13.0. The lowest BCUT2D eigenvalue weighted by molar-refractivity contribution is -0.135. The number of piperidine rings is 1. The van der Waals surface area contributed by atoms with Gasteiger partial charge in [-0.1, -0.05) is 24.3 Å². The Labute approximate surface area is 114 Å². The molecule has 2 nitrogen and oxygen atoms in total. The largest absolute Gasteiger partial charge is 0.303 e. The zero-order valence-corrected chi connectivity index (χ0v) is 11.6. The Balaban J connectivity index is 1.95. The van der Waals surface area contributed by atoms with E-state index in [2.05, 4.69) is 36.2 Å². The number of ketones is 1. The van der Waals surface area contributed by atoms with Crippen molar-refractivity contribution in [3.05, 3.63) is 35.4 Å². The predicted octanol–water partition coefficient (Wildman–Crippen LogP) is 2.55. The van der Waals surface area contributed by atoms with Crippen LogP contribution in [0.4, 0.5) is 0 Å². The van der Waals surface area contributed by atoms with E-state index >= 15 is 0 Å². The van der Waals surface area contributed by atoms with E-state index in [1.54, 1.807) is 0 Å². The molecular formula is C17H21NO. The first kappa shape index (κ1) is 11.7. The minimum atomic E-state index is -0.135. The van der Waals surface area contributed by atoms with Crippen LogP contribution in [0.5, 0.6) is 0 Å². The summed E-state index contributed by atoms with van der Waals surface area (Å²) < 4.78 is 0. The number of rotatable bonds is 0. The van der Waals surface area contributed by atoms with Crippen molar-refractivity contribution in [2.45, 2.75) is 43.6 Å². The molecule has 0 N–H and O–H groups in total. The van der Waals surface area contributed by atoms with E-state index in [9.17, 15) is 4.79 Å². The fraction of sp³-hybridized carbons (Fsp3) is 0.588. The molecule has 1 saturated carbocycles. The van der Waals surface area contributed by atoms with Crippen LogP contribution in [0, 0.1) is 5.92 Å². The van der Waals surface area contributed by atoms with Gasteiger partial charge >= 0.3 is 0 Å². The number of carbonyl (C=O) groups is 1. The van der Waals surface area contributed by atoms with E-state index in [1.807, 2.05) is 0 Å². The molecule has 100 valence electrons. The Morgan fingerprint density at radius 2 is 2.16 bits per heavy atom. The molecule has 4 rings (SSSR count). The van der Waals surface area contributed by atoms with Crippen LogP contribution in [-0.2, 0) is 16.6 Å². The quantitative estimate of drug-likeness (QED) is 0.710. The van der Waals surface area contributed by atoms with Crippen LogP contribution in [0.15, 0.2) is 24.3 Å². The molecule has 1 aliphatic heterocycles. The Kier molecular flexibility index (Phi) is 2.41. The number of fused-ring (bicyclic) bond motifs is 1. The third-order valence-electron chi connectivity index (χ3n) is 5.87. The summed E-state index contributed by atoms with van der Waals surface area (Å²) in [5, 5.41) is 0. The zero-order valence-electron chi connectivity index (χ0n) is 11.6. The van der Waals surface area contributed by atoms with Crippen LogP contribution < -0.4 is 0 Å². The molecule has 2 bridgehead atoms. The average Bonchev–Trinajstić information content (AvgIpc) is 2.43. The number of likely N-dealkylation sites (N-methyl/N-ethyl adjacent to an activating group) is 1. The van der Waals surface area contributed by atoms with Gasteiger partial charge in [-0.05, 0) is 56.3 Å². The highest BCUT2D eigenvalue weighted by Gasteiger charge is 2.57. The smallest absolute Gasteiger partial charge is 0.143 e. The van der Waals surface area contributed by atoms with Crippen molar-refractivity contribution in [1.82, 2.24) is 4.90 Å². The molecular weight excluding hydrogens is 234 g/mol. The number of Topliss-reactive ketones (excluding diaryl/α,β-unsaturated/α-hetero) is 1. The first-order chi connectivity index (χ1) is 9.23. The minimum absolute atomic E-state index is 0.135. The second-order valence-electron chi connectivity index (χ2n) is 6.55. The maximum Gasteiger partial charge on any atom is 0.143 e. The van der Waals surface area contributed by atoms with Crippen molar-refractivity contribution < 1.29 is 4.79 Å². The van der Waals surface area contributed by atoms with Crippen molar-refractivity contribution in [3.63, 3.8) is 0 Å². The van der Waals surface area contributed by atoms with Gasteiger partial charge in [-0.3, -0.25) is 4.79 Å². The Morgan fingerprint density at radius 1 is 1.32 bits per heavy atom. The van der Waals surface area contributed by atoms with Gasteiger partial charge in [0.2, 0.25) is 0 Å². The van der Waals surface area contributed by atoms with Gasteiger partial charge in [-0.2, -0.15) is 0 Å². The number of hydrogen-bond donors (Lipinski definition) is 0. The van der Waals surface area contributed by atoms with Crippen molar-refractivity contribution in [2.75, 3.05) is 13.6 Å². The minimum Gasteiger partial charge on any atom is -0.303 e. The summed E-state index contributed by atoms with van der Waals surface area (Å²) in [6.45, 7) is 1.07. The number of nitrogens with zero attached hydrogens (tertiary/aromatic N) is 1. The molecule has 3 aliphatic rings. The van der Waals surface area contributed by atoms with E-state index in [-0.39, 0.29) is 5.41 Å². The lowest BCUT2D eigenvalue weighted by atomic mass is 9.52. The van der Waals surface area contributed by atoms with Crippen LogP contribution in [-0.4, -0.2) is 30.3 Å². The van der Waals surface area contributed by atoms with Gasteiger partial charge in [0.05, 0.1) is 5.41 Å². The number of carbonyl (C=O) groups excluding carboxylic acids is 1. The standard InChI is InChI=1S/C17H21NO/c1-18-10-9-17-13-6-3-2-5-12(13)11-15(18)14(17)7-4-8-16(17)19/h2-3,5-6,14-15H,4,7-11H2,1H3/t14-,15+,17+/m0/s1. The van der Waals surface area contributed by atoms with Crippen LogP contribution in [0.25, 0.3) is 0 Å². The van der Waals surface area contributed by atoms with Crippen LogP contribution in [0.2, 0.25) is 0 Å². The fourth-order valence-electron chi connectivity index (χ4n) is 4.97. The summed E-state index contributed by atoms with van der Waals surface area (Å²) in [5.74, 6) is 1.08. The van der Waals surface area contributed by atoms with E-state index in [4.69, 9.17) is 0 Å². The first-order valence-corrected chi connectivity index (χ1v) is 7.55. The summed E-state index contributed by atoms with van der Waals surface area (Å²) in [6, 6.07) is 9.28. The topological polar surface area (TPSA) is 20.3 Å². The highest BCUT2D eigenvalue weighted by atomic mass is 16.1. The molecule has 1 heterocycles. The monoisotopic (exact) mass is 255 g/mol. The normalized spacial score (nSPS) is 37.6. The maximum absolute atomic E-state index is 12.8. The number of benzene rings is 1. The van der Waals surface area contributed by atoms with Crippen molar-refractivity contribution in [1.29, 1.82) is 0 Å². The van der Waals surface area contributed by atoms with E-state index < -0.39 is 0 Å². The van der Waals surface area contributed by atoms with Gasteiger partial charge in [0.1, 0.15) is 5.78 Å². The first-order valence-electron chi connectivity index (χ1n) is 7.55. The maximum atomic E-state index is 12.8. The van der Waals surface area contributed by atoms with Gasteiger partial charge in [0.15, 0.2) is 0 Å². The molecule has 1 aromatic rings. The highest BCUT2D eigenvalue weighted by Crippen LogP contribution is 2.53. The molecule has 0 amide bonds. The SMILES string of the molecule is CN1CC[C@]23C(=O)CCC[C@H]2[C@H]1Cc1ccccc13. The molecule has 0 spiro atoms. The Hall–Kier alpha value is -1.15. The van der Waals surface area contributed by atoms with Gasteiger partial charge in [0.25, 0.3) is 0 Å². The lowest BCUT2D eigenvalue weighted by Crippen LogP contribution is -2.63. The third kappa shape index (κ3) is 1.38. The predicted molar refractivity (Wildman–Crippen MR) is 75.2 cm³/mol. The van der Waals surface area contributed by atoms with Crippen molar-refractivity contribution in [3.8, 4) is 0 Å². The Bertz CT molecular complexity index is 538. The molecule has 1 saturated heterocycles. The fourth-order valence-corrected chi connectivity index (χ4v) is 4.97. The van der Waals surface area contributed by atoms with Crippen molar-refractivity contribution >= 4 is 5.78 Å². The van der Waals surface area contributed by atoms with Gasteiger partial charge in [-0.15, -0.1) is 0 Å². The number of likely N-dealkylation sites (tertiary alicyclic amines) is 1. The summed E-state index contributed by atoms with van der Waals surface area (Å²) in [7, 11) is 2.24. The lowest BCUT2D eigenvalue weighted by Gasteiger charge is -2.57. The van der Waals surface area contributed by atoms with Gasteiger partial charge in [-0.25, -0.2) is 0 Å². The third-order valence-corrected chi connectivity index (χ3v) is 5.87. The average molecular weight is 255 g/mol. The summed E-state index contributed by atoms with van der Waals surface area (Å²) in [4.78, 5) is 15.3. The molecule has 2 heteroatoms. The molecule has 19 heavy (non-hydrogen) atoms. The molecule has 1 aromatic carbocycles. The van der Waals surface area contributed by atoms with E-state index in [0.29, 0.717) is 17.7 Å². The Morgan fingerprint density at radius 3 is 3.05 bits per heavy atom. The molecule has 2 aliphatic carbocycles. The summed E-state index contributed by atoms with van der Waals surface area (Å²) in [6.07, 6.45) is 5.28. The summed E-state index contributed by atoms with van der Waals surface area (Å²) >= 11 is 0. The molecule has 0 unspecified atom stereocenters. The van der Waals surface area contributed by atoms with Crippen LogP contribution in [0.1, 0.15) is 36.8 Å². The molecule has 0 radical (unpaired) electrons. The molecule has 3 atom stereocenters. The molecule has 0 aromatic heterocycles. The molecule has 2 fully saturated rings. The van der Waals surface area contributed by atoms with Gasteiger partial charge < -0.3 is 4.90 Å². The van der Waals surface area contributed by atoms with Crippen LogP contribution in [0.3, 0.4) is 0 Å². The van der Waals surface area contributed by atoms with Crippen LogP contribution >= 0.6 is 0 Å². The van der Waals surface area contributed by atoms with E-state index in [1.165, 1.54) is 17.5 Å². The van der Waals surface area contributed by atoms with Gasteiger partial charge in [0, 0.05) is 12.5 Å². The second-order valence-corrected chi connectivity index (χ2v) is 6.55. The number of hydrogen-bond acceptors (Lipinski definition) is 2. The van der Waals surface area contributed by atoms with E-state index in [0.717, 1.165) is 32.2 Å².